The van der Waals surface area contributed by atoms with Crippen LogP contribution in [0.1, 0.15) is 74.5 Å². The number of nitrogens with zero attached hydrogens (tertiary/aromatic N) is 1. The van der Waals surface area contributed by atoms with Crippen LogP contribution in [0.4, 0.5) is 0 Å². The van der Waals surface area contributed by atoms with Gasteiger partial charge in [0.2, 0.25) is 0 Å². The lowest BCUT2D eigenvalue weighted by Crippen LogP contribution is -2.33. The van der Waals surface area contributed by atoms with Gasteiger partial charge in [-0.05, 0) is 116 Å². The van der Waals surface area contributed by atoms with Gasteiger partial charge in [0, 0.05) is 6.54 Å². The molecule has 0 fully saturated rings. The summed E-state index contributed by atoms with van der Waals surface area (Å²) in [5, 5.41) is 4.48. The van der Waals surface area contributed by atoms with Crippen molar-refractivity contribution in [2.24, 2.45) is 0 Å². The number of likely N-dealkylation sites (N-methyl/N-ethyl adjacent to an activating group) is 1. The molecule has 0 aliphatic rings. The van der Waals surface area contributed by atoms with Gasteiger partial charge in [-0.1, -0.05) is 159 Å². The lowest BCUT2D eigenvalue weighted by atomic mass is 9.86. The van der Waals surface area contributed by atoms with Gasteiger partial charge in [-0.3, -0.25) is 0 Å². The van der Waals surface area contributed by atoms with Crippen molar-refractivity contribution in [1.29, 1.82) is 0 Å². The average Bonchev–Trinajstić information content (AvgIpc) is 3.24. The number of halogens is 2. The second kappa shape index (κ2) is 25.3. The Hall–Kier alpha value is -3.29. The maximum Gasteiger partial charge on any atom is 0.119 e. The zero-order chi connectivity index (χ0) is 38.0. The Labute approximate surface area is 378 Å². The summed E-state index contributed by atoms with van der Waals surface area (Å²) in [7, 11) is 2.42. The Morgan fingerprint density at radius 2 is 0.825 bits per heavy atom. The molecule has 0 amide bonds. The van der Waals surface area contributed by atoms with Gasteiger partial charge in [0.05, 0.1) is 6.16 Å². The topological polar surface area (TPSA) is 12.5 Å². The molecule has 0 radical (unpaired) electrons. The van der Waals surface area contributed by atoms with Gasteiger partial charge in [0.1, 0.15) is 35.5 Å². The third-order valence-electron chi connectivity index (χ3n) is 10.7. The Bertz CT molecular complexity index is 1890. The van der Waals surface area contributed by atoms with Crippen molar-refractivity contribution >= 4 is 82.3 Å². The number of unbranched alkanes of at least 4 members (excludes halogenated alkanes) is 7. The zero-order valence-electron chi connectivity index (χ0n) is 33.8. The van der Waals surface area contributed by atoms with Crippen molar-refractivity contribution in [3.8, 4) is 5.75 Å². The van der Waals surface area contributed by atoms with Gasteiger partial charge < -0.3 is 9.64 Å². The highest BCUT2D eigenvalue weighted by Crippen LogP contribution is 2.56. The van der Waals surface area contributed by atoms with Gasteiger partial charge in [-0.2, -0.15) is 0 Å². The monoisotopic (exact) mass is 1000 g/mol. The molecule has 0 aliphatic heterocycles. The van der Waals surface area contributed by atoms with Crippen LogP contribution in [0.2, 0.25) is 0 Å². The fraction of sp³-hybridized carbons (Fsp3) is 0.269. The van der Waals surface area contributed by atoms with Crippen LogP contribution in [0.15, 0.2) is 176 Å². The highest BCUT2D eigenvalue weighted by molar-refractivity contribution is 14.0. The summed E-state index contributed by atoms with van der Waals surface area (Å²) in [5.74, 6) is 0.920. The Kier molecular flexibility index (Phi) is 20.6. The molecule has 0 aromatic heterocycles. The first-order chi connectivity index (χ1) is 27.1. The van der Waals surface area contributed by atoms with Crippen LogP contribution < -0.4 is 20.7 Å². The second-order valence-corrected chi connectivity index (χ2v) is 18.5. The molecule has 0 spiro atoms. The van der Waals surface area contributed by atoms with Gasteiger partial charge in [-0.25, -0.2) is 0 Å². The van der Waals surface area contributed by atoms with Gasteiger partial charge in [0.15, 0.2) is 0 Å². The van der Waals surface area contributed by atoms with Crippen molar-refractivity contribution in [3.05, 3.63) is 193 Å². The van der Waals surface area contributed by atoms with Crippen molar-refractivity contribution in [2.75, 3.05) is 33.4 Å². The first-order valence-corrected chi connectivity index (χ1v) is 22.4. The summed E-state index contributed by atoms with van der Waals surface area (Å²) >= 11 is 0. The molecule has 6 aromatic carbocycles. The third kappa shape index (κ3) is 13.4. The minimum absolute atomic E-state index is 0. The number of hydrogen-bond donors (Lipinski definition) is 0. The standard InChI is InChI=1S/C52H59NOP.2HI/c1-53(2)41-42-54-47-39-37-46(38-40-47)52(45-28-16-10-17-29-45)51(44-26-14-9-15-27-44)36-24-7-5-3-4-6-8-25-43-55(48-30-18-11-19-31-48,49-32-20-12-21-33-49)50-34-22-13-23-35-50;;/h9-23,26-35,37-40H,3-8,24-25,36,41-43H2,1-2H3;2*1H/q+1;;/b52-51-;;. The van der Waals surface area contributed by atoms with Crippen LogP contribution in [-0.4, -0.2) is 38.3 Å². The lowest BCUT2D eigenvalue weighted by molar-refractivity contribution is 0.261. The quantitative estimate of drug-likeness (QED) is 0.0308. The molecule has 0 aliphatic carbocycles. The van der Waals surface area contributed by atoms with E-state index in [1.165, 1.54) is 101 Å². The molecule has 0 atom stereocenters. The average molecular weight is 1000 g/mol. The molecular formula is C52H61I2NOP+. The zero-order valence-corrected chi connectivity index (χ0v) is 39.4. The minimum atomic E-state index is -1.73. The molecule has 0 unspecified atom stereocenters. The molecule has 6 rings (SSSR count). The summed E-state index contributed by atoms with van der Waals surface area (Å²) in [5.41, 5.74) is 6.57. The van der Waals surface area contributed by atoms with Crippen molar-refractivity contribution in [3.63, 3.8) is 0 Å². The van der Waals surface area contributed by atoms with E-state index in [-0.39, 0.29) is 48.0 Å². The number of rotatable bonds is 21. The van der Waals surface area contributed by atoms with Gasteiger partial charge >= 0.3 is 0 Å². The van der Waals surface area contributed by atoms with E-state index in [0.717, 1.165) is 18.7 Å². The fourth-order valence-electron chi connectivity index (χ4n) is 7.83. The Morgan fingerprint density at radius 3 is 1.28 bits per heavy atom. The minimum Gasteiger partial charge on any atom is -0.492 e. The highest BCUT2D eigenvalue weighted by atomic mass is 127. The summed E-state index contributed by atoms with van der Waals surface area (Å²) in [6.07, 6.45) is 12.5. The second-order valence-electron chi connectivity index (χ2n) is 14.9. The van der Waals surface area contributed by atoms with Crippen LogP contribution in [0, 0.1) is 0 Å². The summed E-state index contributed by atoms with van der Waals surface area (Å²) in [6, 6.07) is 64.7. The van der Waals surface area contributed by atoms with E-state index in [2.05, 4.69) is 195 Å². The lowest BCUT2D eigenvalue weighted by Gasteiger charge is -2.27. The van der Waals surface area contributed by atoms with Crippen LogP contribution in [0.3, 0.4) is 0 Å². The third-order valence-corrected chi connectivity index (χ3v) is 15.2. The van der Waals surface area contributed by atoms with Crippen molar-refractivity contribution < 1.29 is 4.74 Å². The number of allylic oxidation sites excluding steroid dienone is 1. The van der Waals surface area contributed by atoms with E-state index in [9.17, 15) is 0 Å². The predicted octanol–water partition coefficient (Wildman–Crippen LogP) is 13.3. The maximum absolute atomic E-state index is 6.05. The molecule has 6 aromatic rings. The first-order valence-electron chi connectivity index (χ1n) is 20.4. The molecule has 0 heterocycles. The summed E-state index contributed by atoms with van der Waals surface area (Å²) in [6.45, 7) is 1.58. The van der Waals surface area contributed by atoms with E-state index in [1.54, 1.807) is 0 Å². The van der Waals surface area contributed by atoms with E-state index in [0.29, 0.717) is 6.61 Å². The van der Waals surface area contributed by atoms with E-state index >= 15 is 0 Å². The molecule has 298 valence electrons. The number of hydrogen-bond acceptors (Lipinski definition) is 2. The molecule has 0 saturated heterocycles. The Balaban J connectivity index is 0.00000360. The Morgan fingerprint density at radius 1 is 0.439 bits per heavy atom. The molecular weight excluding hydrogens is 939 g/mol. The van der Waals surface area contributed by atoms with Crippen molar-refractivity contribution in [1.82, 2.24) is 4.90 Å². The van der Waals surface area contributed by atoms with Gasteiger partial charge in [-0.15, -0.1) is 48.0 Å². The predicted molar refractivity (Wildman–Crippen MR) is 272 cm³/mol. The van der Waals surface area contributed by atoms with E-state index < -0.39 is 7.26 Å². The largest absolute Gasteiger partial charge is 0.492 e. The molecule has 5 heteroatoms. The summed E-state index contributed by atoms with van der Waals surface area (Å²) < 4.78 is 6.05. The summed E-state index contributed by atoms with van der Waals surface area (Å²) in [4.78, 5) is 2.15. The smallest absolute Gasteiger partial charge is 0.119 e. The van der Waals surface area contributed by atoms with Gasteiger partial charge in [0.25, 0.3) is 0 Å². The number of ether oxygens (including phenoxy) is 1. The molecule has 2 nitrogen and oxygen atoms in total. The van der Waals surface area contributed by atoms with Crippen LogP contribution in [-0.2, 0) is 0 Å². The highest BCUT2D eigenvalue weighted by Gasteiger charge is 2.44. The van der Waals surface area contributed by atoms with Crippen LogP contribution >= 0.6 is 55.2 Å². The fourth-order valence-corrected chi connectivity index (χ4v) is 12.2. The molecule has 0 N–H and O–H groups in total. The van der Waals surface area contributed by atoms with Crippen LogP contribution in [0.25, 0.3) is 11.1 Å². The van der Waals surface area contributed by atoms with Crippen molar-refractivity contribution in [2.45, 2.75) is 57.8 Å². The SMILES string of the molecule is CN(C)CCOc1ccc(/C(=C(/CCCCCCCCCC[P+](c2ccccc2)(c2ccccc2)c2ccccc2)c2ccccc2)c2ccccc2)cc1.I.I. The molecule has 0 bridgehead atoms. The normalized spacial score (nSPS) is 11.6. The maximum atomic E-state index is 6.05. The van der Waals surface area contributed by atoms with Crippen LogP contribution in [0.5, 0.6) is 5.75 Å². The van der Waals surface area contributed by atoms with E-state index in [1.807, 2.05) is 0 Å². The molecule has 57 heavy (non-hydrogen) atoms. The molecule has 0 saturated carbocycles. The number of benzene rings is 6. The first kappa shape index (κ1) is 46.4. The van der Waals surface area contributed by atoms with E-state index in [4.69, 9.17) is 4.74 Å².